The molecule has 0 aliphatic carbocycles. The van der Waals surface area contributed by atoms with Crippen molar-refractivity contribution in [3.05, 3.63) is 0 Å². The summed E-state index contributed by atoms with van der Waals surface area (Å²) in [6.45, 7) is 2.81. The second kappa shape index (κ2) is 15.4. The summed E-state index contributed by atoms with van der Waals surface area (Å²) in [6, 6.07) is -0.304. The van der Waals surface area contributed by atoms with Crippen LogP contribution in [0.5, 0.6) is 0 Å². The molecule has 0 saturated carbocycles. The Hall–Kier alpha value is -0.475. The molecule has 3 aliphatic heterocycles. The first-order chi connectivity index (χ1) is 11.9. The molecule has 160 valence electrons. The molecule has 0 aromatic rings. The second-order valence-corrected chi connectivity index (χ2v) is 6.57. The number of carbonyl (C=O) groups is 2. The summed E-state index contributed by atoms with van der Waals surface area (Å²) >= 11 is 1.17. The fourth-order valence-electron chi connectivity index (χ4n) is 2.62. The minimum atomic E-state index is -0.538. The van der Waals surface area contributed by atoms with Crippen molar-refractivity contribution in [3.63, 3.8) is 0 Å². The molecular weight excluding hydrogens is 406 g/mol. The van der Waals surface area contributed by atoms with E-state index in [1.54, 1.807) is 0 Å². The molecule has 2 atom stereocenters. The first-order valence-electron chi connectivity index (χ1n) is 7.98. The van der Waals surface area contributed by atoms with Crippen molar-refractivity contribution in [2.24, 2.45) is 17.2 Å². The number of amides is 1. The molecule has 0 bridgehead atoms. The van der Waals surface area contributed by atoms with Gasteiger partial charge in [-0.25, -0.2) is 0 Å². The first kappa shape index (κ1) is 32.2. The van der Waals surface area contributed by atoms with E-state index in [2.05, 4.69) is 10.1 Å². The van der Waals surface area contributed by atoms with Crippen molar-refractivity contribution >= 4 is 46.0 Å². The van der Waals surface area contributed by atoms with Crippen LogP contribution in [0.25, 0.3) is 0 Å². The van der Waals surface area contributed by atoms with Gasteiger partial charge in [-0.1, -0.05) is 0 Å². The van der Waals surface area contributed by atoms with Crippen molar-refractivity contribution < 1.29 is 38.6 Å². The Kier molecular flexibility index (Phi) is 17.7. The summed E-state index contributed by atoms with van der Waals surface area (Å²) in [4.78, 5) is 21.0. The summed E-state index contributed by atoms with van der Waals surface area (Å²) in [7, 11) is 0. The molecule has 3 heterocycles. The third-order valence-electron chi connectivity index (χ3n) is 4.35. The van der Waals surface area contributed by atoms with Crippen LogP contribution >= 0.6 is 0 Å². The standard InChI is InChI=1S/C7H14N2O3.C7H12N2O2.2Al.2H2O.O/c8-6(12-5-10)1-2-7(9)3-11-4-7;8-5-1-2-7(3-11-4-7)9-6(5)10;;;;;/h5-6H,1-4,8-9H2;5H,1-4,8H2,(H,9,10);;;2*1H2;. The van der Waals surface area contributed by atoms with Crippen LogP contribution in [-0.2, 0) is 27.6 Å². The van der Waals surface area contributed by atoms with Gasteiger partial charge in [0, 0.05) is 17.4 Å². The molecule has 28 heavy (non-hydrogen) atoms. The van der Waals surface area contributed by atoms with Crippen molar-refractivity contribution in [1.29, 1.82) is 0 Å². The van der Waals surface area contributed by atoms with Crippen molar-refractivity contribution in [2.75, 3.05) is 26.4 Å². The molecular formula is C14H30Al2N4O8. The van der Waals surface area contributed by atoms with Gasteiger partial charge < -0.3 is 41.9 Å². The van der Waals surface area contributed by atoms with E-state index >= 15 is 0 Å². The normalized spacial score (nSPS) is 23.4. The topological polar surface area (TPSA) is 232 Å². The van der Waals surface area contributed by atoms with Gasteiger partial charge in [-0.2, -0.15) is 0 Å². The van der Waals surface area contributed by atoms with Gasteiger partial charge in [0.25, 0.3) is 6.47 Å². The number of carbonyl (C=O) groups excluding carboxylic acids is 2. The van der Waals surface area contributed by atoms with Gasteiger partial charge in [-0.05, 0) is 25.7 Å². The van der Waals surface area contributed by atoms with Gasteiger partial charge in [-0.15, -0.1) is 0 Å². The van der Waals surface area contributed by atoms with Crippen LogP contribution < -0.4 is 22.5 Å². The maximum atomic E-state index is 11.1. The van der Waals surface area contributed by atoms with Gasteiger partial charge in [0.15, 0.2) is 6.23 Å². The second-order valence-electron chi connectivity index (χ2n) is 6.57. The molecule has 3 aliphatic rings. The zero-order chi connectivity index (χ0) is 18.9. The number of nitrogens with one attached hydrogen (secondary N) is 1. The van der Waals surface area contributed by atoms with E-state index in [0.717, 1.165) is 19.3 Å². The van der Waals surface area contributed by atoms with Crippen LogP contribution in [0.2, 0.25) is 0 Å². The first-order valence-corrected chi connectivity index (χ1v) is 8.45. The van der Waals surface area contributed by atoms with Crippen molar-refractivity contribution in [2.45, 2.75) is 49.0 Å². The molecule has 0 aromatic carbocycles. The van der Waals surface area contributed by atoms with Gasteiger partial charge >= 0.3 is 20.0 Å². The van der Waals surface area contributed by atoms with Crippen LogP contribution in [0.15, 0.2) is 0 Å². The Morgan fingerprint density at radius 1 is 1.25 bits per heavy atom. The zero-order valence-electron chi connectivity index (χ0n) is 15.7. The summed E-state index contributed by atoms with van der Waals surface area (Å²) in [6.07, 6.45) is 2.51. The number of piperidine rings is 1. The number of rotatable bonds is 5. The van der Waals surface area contributed by atoms with Crippen LogP contribution in [-0.4, -0.2) is 107 Å². The molecule has 2 unspecified atom stereocenters. The Balaban J connectivity index is -0.000000374. The fourth-order valence-corrected chi connectivity index (χ4v) is 2.62. The quantitative estimate of drug-likeness (QED) is 0.184. The third kappa shape index (κ3) is 9.83. The van der Waals surface area contributed by atoms with Crippen molar-refractivity contribution in [3.8, 4) is 0 Å². The average Bonchev–Trinajstić information content (AvgIpc) is 2.55. The Morgan fingerprint density at radius 3 is 2.14 bits per heavy atom. The summed E-state index contributed by atoms with van der Waals surface area (Å²) in [5, 5.41) is 2.89. The molecule has 3 fully saturated rings. The molecule has 14 heteroatoms. The predicted octanol–water partition coefficient (Wildman–Crippen LogP) is -4.58. The average molecular weight is 436 g/mol. The maximum absolute atomic E-state index is 11.1. The Morgan fingerprint density at radius 2 is 1.79 bits per heavy atom. The Bertz CT molecular complexity index is 455. The molecule has 1 spiro atoms. The van der Waals surface area contributed by atoms with Gasteiger partial charge in [0.05, 0.1) is 43.5 Å². The van der Waals surface area contributed by atoms with Crippen LogP contribution in [0, 0.1) is 0 Å². The Labute approximate surface area is 182 Å². The van der Waals surface area contributed by atoms with E-state index in [1.807, 2.05) is 0 Å². The van der Waals surface area contributed by atoms with Crippen molar-refractivity contribution in [1.82, 2.24) is 5.32 Å². The van der Waals surface area contributed by atoms with E-state index in [-0.39, 0.29) is 51.3 Å². The van der Waals surface area contributed by atoms with Gasteiger partial charge in [-0.3, -0.25) is 15.3 Å². The van der Waals surface area contributed by atoms with Gasteiger partial charge in [0.1, 0.15) is 0 Å². The monoisotopic (exact) mass is 436 g/mol. The van der Waals surface area contributed by atoms with E-state index in [4.69, 9.17) is 30.5 Å². The molecule has 11 N–H and O–H groups in total. The zero-order valence-corrected chi connectivity index (χ0v) is 18.0. The molecule has 4 radical (unpaired) electrons. The van der Waals surface area contributed by atoms with Crippen LogP contribution in [0.1, 0.15) is 25.7 Å². The van der Waals surface area contributed by atoms with E-state index in [9.17, 15) is 9.59 Å². The number of hydrogen-bond acceptors (Lipinski definition) is 9. The van der Waals surface area contributed by atoms with Gasteiger partial charge in [0.2, 0.25) is 5.91 Å². The molecule has 0 aromatic heterocycles. The summed E-state index contributed by atoms with van der Waals surface area (Å²) < 4.78 is 22.7. The molecule has 12 nitrogen and oxygen atoms in total. The number of ether oxygens (including phenoxy) is 3. The summed E-state index contributed by atoms with van der Waals surface area (Å²) in [5.41, 5.74) is 16.5. The van der Waals surface area contributed by atoms with E-state index in [1.165, 1.54) is 16.2 Å². The minimum absolute atomic E-state index is 0. The fraction of sp³-hybridized carbons (Fsp3) is 0.857. The number of hydrogen-bond donors (Lipinski definition) is 4. The molecule has 3 saturated heterocycles. The number of nitrogens with two attached hydrogens (primary N) is 3. The van der Waals surface area contributed by atoms with E-state index < -0.39 is 6.23 Å². The van der Waals surface area contributed by atoms with E-state index in [0.29, 0.717) is 39.3 Å². The SMILES string of the molecule is NC(CCC1(N)COC1)OC=O.NC1CCC2(COC2)NC1=O.O.O.[Al].[O]=[Al]. The third-order valence-corrected chi connectivity index (χ3v) is 4.35. The predicted molar refractivity (Wildman–Crippen MR) is 100 cm³/mol. The molecule has 3 rings (SSSR count). The molecule has 1 amide bonds. The summed E-state index contributed by atoms with van der Waals surface area (Å²) in [5.74, 6) is -0.0282. The van der Waals surface area contributed by atoms with Crippen LogP contribution in [0.3, 0.4) is 0 Å². The van der Waals surface area contributed by atoms with Crippen LogP contribution in [0.4, 0.5) is 0 Å².